The Kier molecular flexibility index (Phi) is 5.16. The van der Waals surface area contributed by atoms with E-state index in [0.29, 0.717) is 6.42 Å². The van der Waals surface area contributed by atoms with Gasteiger partial charge in [-0.05, 0) is 76.4 Å². The third-order valence-electron chi connectivity index (χ3n) is 7.67. The lowest BCUT2D eigenvalue weighted by atomic mass is 9.53. The molecular weight excluding hydrogens is 316 g/mol. The van der Waals surface area contributed by atoms with Gasteiger partial charge in [0.2, 0.25) is 0 Å². The largest absolute Gasteiger partial charge is 0.413 e. The molecule has 2 fully saturated rings. The maximum atomic E-state index is 11.6. The van der Waals surface area contributed by atoms with Gasteiger partial charge < -0.3 is 14.6 Å². The van der Waals surface area contributed by atoms with Crippen LogP contribution in [0.2, 0.25) is 18.1 Å². The Balaban J connectivity index is 2.26. The molecular formula is C20H40O3Si. The average molecular weight is 357 g/mol. The van der Waals surface area contributed by atoms with Gasteiger partial charge in [-0.25, -0.2) is 0 Å². The van der Waals surface area contributed by atoms with Crippen LogP contribution in [0.25, 0.3) is 0 Å². The van der Waals surface area contributed by atoms with Crippen molar-refractivity contribution in [1.82, 2.24) is 0 Å². The maximum absolute atomic E-state index is 11.6. The Hall–Kier alpha value is 0.0969. The molecule has 2 rings (SSSR count). The molecule has 2 aliphatic rings. The van der Waals surface area contributed by atoms with Crippen molar-refractivity contribution in [3.8, 4) is 0 Å². The number of hydrogen-bond donors (Lipinski definition) is 2. The van der Waals surface area contributed by atoms with Crippen LogP contribution in [0, 0.1) is 11.3 Å². The molecule has 0 radical (unpaired) electrons. The predicted molar refractivity (Wildman–Crippen MR) is 103 cm³/mol. The summed E-state index contributed by atoms with van der Waals surface area (Å²) in [5.41, 5.74) is -1.62. The van der Waals surface area contributed by atoms with Crippen molar-refractivity contribution < 1.29 is 14.6 Å². The second kappa shape index (κ2) is 6.07. The van der Waals surface area contributed by atoms with E-state index in [4.69, 9.17) is 4.43 Å². The van der Waals surface area contributed by atoms with Crippen LogP contribution in [0.15, 0.2) is 0 Å². The van der Waals surface area contributed by atoms with Crippen molar-refractivity contribution >= 4 is 8.32 Å². The van der Waals surface area contributed by atoms with Crippen molar-refractivity contribution in [3.63, 3.8) is 0 Å². The summed E-state index contributed by atoms with van der Waals surface area (Å²) >= 11 is 0. The number of hydrogen-bond acceptors (Lipinski definition) is 3. The first-order valence-corrected chi connectivity index (χ1v) is 12.7. The van der Waals surface area contributed by atoms with E-state index < -0.39 is 19.5 Å². The first kappa shape index (κ1) is 20.4. The van der Waals surface area contributed by atoms with Crippen molar-refractivity contribution in [2.24, 2.45) is 11.3 Å². The van der Waals surface area contributed by atoms with Crippen LogP contribution in [-0.2, 0) is 4.43 Å². The van der Waals surface area contributed by atoms with Crippen LogP contribution in [0.4, 0.5) is 0 Å². The zero-order valence-corrected chi connectivity index (χ0v) is 18.2. The van der Waals surface area contributed by atoms with Gasteiger partial charge in [0.1, 0.15) is 0 Å². The van der Waals surface area contributed by atoms with E-state index >= 15 is 0 Å². The Morgan fingerprint density at radius 1 is 1.04 bits per heavy atom. The lowest BCUT2D eigenvalue weighted by Gasteiger charge is -2.60. The minimum absolute atomic E-state index is 0.139. The molecule has 0 aromatic carbocycles. The highest BCUT2D eigenvalue weighted by Crippen LogP contribution is 2.57. The zero-order chi connectivity index (χ0) is 18.6. The molecule has 2 saturated carbocycles. The number of fused-ring (bicyclic) bond motifs is 1. The van der Waals surface area contributed by atoms with Gasteiger partial charge in [0, 0.05) is 5.41 Å². The molecule has 4 heteroatoms. The van der Waals surface area contributed by atoms with E-state index in [1.807, 2.05) is 13.8 Å². The van der Waals surface area contributed by atoms with Crippen LogP contribution in [0.5, 0.6) is 0 Å². The van der Waals surface area contributed by atoms with E-state index in [-0.39, 0.29) is 22.5 Å². The van der Waals surface area contributed by atoms with Gasteiger partial charge in [-0.1, -0.05) is 27.7 Å². The fourth-order valence-electron chi connectivity index (χ4n) is 4.52. The third-order valence-corrected chi connectivity index (χ3v) is 12.2. The maximum Gasteiger partial charge on any atom is 0.192 e. The van der Waals surface area contributed by atoms with Crippen molar-refractivity contribution in [1.29, 1.82) is 0 Å². The summed E-state index contributed by atoms with van der Waals surface area (Å²) in [6.07, 6.45) is 5.66. The Morgan fingerprint density at radius 3 is 2.12 bits per heavy atom. The summed E-state index contributed by atoms with van der Waals surface area (Å²) in [6.45, 7) is 17.5. The summed E-state index contributed by atoms with van der Waals surface area (Å²) in [6, 6.07) is 0. The molecule has 3 nitrogen and oxygen atoms in total. The number of aliphatic hydroxyl groups is 2. The molecule has 0 heterocycles. The van der Waals surface area contributed by atoms with Crippen molar-refractivity contribution in [2.45, 2.75) is 116 Å². The van der Waals surface area contributed by atoms with Gasteiger partial charge in [0.15, 0.2) is 8.32 Å². The summed E-state index contributed by atoms with van der Waals surface area (Å²) in [5.74, 6) is 0.169. The minimum Gasteiger partial charge on any atom is -0.413 e. The van der Waals surface area contributed by atoms with E-state index in [0.717, 1.165) is 32.1 Å². The lowest BCUT2D eigenvalue weighted by molar-refractivity contribution is -0.205. The molecule has 0 aromatic rings. The SMILES string of the molecule is CC(C)(O)[C@@H]1CC[C@]2(C)[C@@H](O[Si](C)(C)C(C)(C)C)CCC[C@@]2(O)C1. The van der Waals surface area contributed by atoms with E-state index in [1.165, 1.54) is 0 Å². The monoisotopic (exact) mass is 356 g/mol. The molecule has 0 unspecified atom stereocenters. The fourth-order valence-corrected chi connectivity index (χ4v) is 5.96. The smallest absolute Gasteiger partial charge is 0.192 e. The summed E-state index contributed by atoms with van der Waals surface area (Å²) < 4.78 is 6.82. The second-order valence-corrected chi connectivity index (χ2v) is 15.6. The van der Waals surface area contributed by atoms with E-state index in [2.05, 4.69) is 40.8 Å². The molecule has 0 spiro atoms. The van der Waals surface area contributed by atoms with Crippen LogP contribution in [-0.4, -0.2) is 35.8 Å². The fraction of sp³-hybridized carbons (Fsp3) is 1.00. The van der Waals surface area contributed by atoms with Gasteiger partial charge >= 0.3 is 0 Å². The standard InChI is InChI=1S/C20H40O3Si/c1-17(2,3)24(7,8)23-16-10-9-12-20(22)14-15(18(4,5)21)11-13-19(16,20)6/h15-16,21-22H,9-14H2,1-8H3/t15-,16+,19-,20-/m1/s1. The summed E-state index contributed by atoms with van der Waals surface area (Å²) in [4.78, 5) is 0. The Morgan fingerprint density at radius 2 is 1.62 bits per heavy atom. The van der Waals surface area contributed by atoms with E-state index in [9.17, 15) is 10.2 Å². The molecule has 142 valence electrons. The van der Waals surface area contributed by atoms with Crippen LogP contribution >= 0.6 is 0 Å². The molecule has 2 aliphatic carbocycles. The van der Waals surface area contributed by atoms with Crippen molar-refractivity contribution in [3.05, 3.63) is 0 Å². The highest BCUT2D eigenvalue weighted by molar-refractivity contribution is 6.74. The Bertz CT molecular complexity index is 462. The first-order chi connectivity index (χ1) is 10.6. The molecule has 4 atom stereocenters. The average Bonchev–Trinajstić information content (AvgIpc) is 2.37. The molecule has 0 amide bonds. The van der Waals surface area contributed by atoms with Crippen molar-refractivity contribution in [2.75, 3.05) is 0 Å². The molecule has 24 heavy (non-hydrogen) atoms. The summed E-state index contributed by atoms with van der Waals surface area (Å²) in [7, 11) is -1.86. The lowest BCUT2D eigenvalue weighted by Crippen LogP contribution is -2.63. The predicted octanol–water partition coefficient (Wildman–Crippen LogP) is 4.87. The topological polar surface area (TPSA) is 49.7 Å². The highest BCUT2D eigenvalue weighted by atomic mass is 28.4. The van der Waals surface area contributed by atoms with Crippen LogP contribution in [0.3, 0.4) is 0 Å². The van der Waals surface area contributed by atoms with E-state index in [1.54, 1.807) is 0 Å². The van der Waals surface area contributed by atoms with Crippen LogP contribution in [0.1, 0.15) is 80.1 Å². The minimum atomic E-state index is -1.86. The third kappa shape index (κ3) is 3.49. The molecule has 0 bridgehead atoms. The molecule has 2 N–H and O–H groups in total. The van der Waals surface area contributed by atoms with Gasteiger partial charge in [-0.15, -0.1) is 0 Å². The highest BCUT2D eigenvalue weighted by Gasteiger charge is 2.59. The van der Waals surface area contributed by atoms with Gasteiger partial charge in [0.25, 0.3) is 0 Å². The number of rotatable bonds is 3. The normalized spacial score (nSPS) is 38.8. The van der Waals surface area contributed by atoms with Gasteiger partial charge in [-0.3, -0.25) is 0 Å². The Labute approximate surface area is 150 Å². The second-order valence-electron chi connectivity index (χ2n) is 10.8. The molecule has 0 saturated heterocycles. The zero-order valence-electron chi connectivity index (χ0n) is 17.2. The molecule has 0 aromatic heterocycles. The quantitative estimate of drug-likeness (QED) is 0.709. The molecule has 0 aliphatic heterocycles. The van der Waals surface area contributed by atoms with Crippen LogP contribution < -0.4 is 0 Å². The van der Waals surface area contributed by atoms with Gasteiger partial charge in [0.05, 0.1) is 17.3 Å². The summed E-state index contributed by atoms with van der Waals surface area (Å²) in [5, 5.41) is 22.2. The first-order valence-electron chi connectivity index (χ1n) is 9.75. The van der Waals surface area contributed by atoms with Gasteiger partial charge in [-0.2, -0.15) is 0 Å².